The predicted molar refractivity (Wildman–Crippen MR) is 77.7 cm³/mol. The summed E-state index contributed by atoms with van der Waals surface area (Å²) in [5.41, 5.74) is 1.99. The highest BCUT2D eigenvalue weighted by molar-refractivity contribution is 5.78. The maximum Gasteiger partial charge on any atom is 0.237 e. The van der Waals surface area contributed by atoms with Crippen molar-refractivity contribution in [1.82, 2.24) is 19.5 Å². The average molecular weight is 288 g/mol. The molecule has 0 atom stereocenters. The molecular formula is C15H20N4O2. The van der Waals surface area contributed by atoms with Gasteiger partial charge in [0.1, 0.15) is 11.5 Å². The van der Waals surface area contributed by atoms with Gasteiger partial charge in [-0.1, -0.05) is 5.16 Å². The highest BCUT2D eigenvalue weighted by atomic mass is 16.5. The van der Waals surface area contributed by atoms with E-state index in [0.29, 0.717) is 26.2 Å². The Bertz CT molecular complexity index is 616. The van der Waals surface area contributed by atoms with Gasteiger partial charge in [-0.25, -0.2) is 0 Å². The molecule has 3 rings (SSSR count). The second-order valence-electron chi connectivity index (χ2n) is 5.69. The van der Waals surface area contributed by atoms with Crippen LogP contribution in [0.4, 0.5) is 0 Å². The van der Waals surface area contributed by atoms with Crippen LogP contribution >= 0.6 is 0 Å². The Morgan fingerprint density at radius 1 is 1.38 bits per heavy atom. The van der Waals surface area contributed by atoms with E-state index >= 15 is 0 Å². The summed E-state index contributed by atoms with van der Waals surface area (Å²) >= 11 is 0. The number of hydrogen-bond acceptors (Lipinski definition) is 4. The van der Waals surface area contributed by atoms with Gasteiger partial charge in [-0.2, -0.15) is 0 Å². The fourth-order valence-electron chi connectivity index (χ4n) is 2.62. The Morgan fingerprint density at radius 2 is 2.14 bits per heavy atom. The molecule has 112 valence electrons. The number of aromatic nitrogens is 2. The number of nitrogens with zero attached hydrogens (tertiary/aromatic N) is 4. The van der Waals surface area contributed by atoms with Crippen LogP contribution in [-0.2, 0) is 24.3 Å². The molecule has 0 aliphatic carbocycles. The maximum absolute atomic E-state index is 12.2. The number of carbonyl (C=O) groups is 1. The van der Waals surface area contributed by atoms with Crippen molar-refractivity contribution in [3.63, 3.8) is 0 Å². The zero-order valence-corrected chi connectivity index (χ0v) is 12.5. The zero-order chi connectivity index (χ0) is 14.8. The molecule has 0 saturated carbocycles. The fourth-order valence-corrected chi connectivity index (χ4v) is 2.62. The first-order valence-corrected chi connectivity index (χ1v) is 7.13. The highest BCUT2D eigenvalue weighted by Crippen LogP contribution is 2.23. The van der Waals surface area contributed by atoms with Gasteiger partial charge in [0.25, 0.3) is 0 Å². The van der Waals surface area contributed by atoms with Crippen molar-refractivity contribution < 1.29 is 9.32 Å². The van der Waals surface area contributed by atoms with Crippen molar-refractivity contribution in [2.24, 2.45) is 0 Å². The summed E-state index contributed by atoms with van der Waals surface area (Å²) in [7, 11) is 3.81. The Morgan fingerprint density at radius 3 is 2.86 bits per heavy atom. The highest BCUT2D eigenvalue weighted by Gasteiger charge is 2.26. The summed E-state index contributed by atoms with van der Waals surface area (Å²) in [5.74, 6) is 1.07. The predicted octanol–water partition coefficient (Wildman–Crippen LogP) is 0.971. The smallest absolute Gasteiger partial charge is 0.237 e. The summed E-state index contributed by atoms with van der Waals surface area (Å²) in [5, 5.41) is 4.18. The van der Waals surface area contributed by atoms with Crippen molar-refractivity contribution in [2.45, 2.75) is 19.5 Å². The van der Waals surface area contributed by atoms with E-state index in [-0.39, 0.29) is 5.91 Å². The molecule has 21 heavy (non-hydrogen) atoms. The monoisotopic (exact) mass is 288 g/mol. The van der Waals surface area contributed by atoms with Crippen LogP contribution in [0.25, 0.3) is 0 Å². The maximum atomic E-state index is 12.2. The van der Waals surface area contributed by atoms with Gasteiger partial charge >= 0.3 is 0 Å². The van der Waals surface area contributed by atoms with Gasteiger partial charge < -0.3 is 18.9 Å². The number of hydrogen-bond donors (Lipinski definition) is 0. The van der Waals surface area contributed by atoms with Crippen LogP contribution in [0.3, 0.4) is 0 Å². The third kappa shape index (κ3) is 3.00. The third-order valence-corrected chi connectivity index (χ3v) is 3.71. The lowest BCUT2D eigenvalue weighted by molar-refractivity contribution is -0.132. The van der Waals surface area contributed by atoms with Crippen LogP contribution in [0.5, 0.6) is 0 Å². The number of carbonyl (C=O) groups excluding carboxylic acids is 1. The second-order valence-corrected chi connectivity index (χ2v) is 5.69. The van der Waals surface area contributed by atoms with Crippen molar-refractivity contribution in [3.8, 4) is 0 Å². The van der Waals surface area contributed by atoms with E-state index in [4.69, 9.17) is 4.52 Å². The van der Waals surface area contributed by atoms with Crippen LogP contribution < -0.4 is 0 Å². The normalized spacial score (nSPS) is 14.5. The number of likely N-dealkylation sites (N-methyl/N-ethyl adjacent to an activating group) is 1. The molecule has 0 aromatic carbocycles. The zero-order valence-electron chi connectivity index (χ0n) is 12.5. The van der Waals surface area contributed by atoms with Gasteiger partial charge in [0.15, 0.2) is 0 Å². The van der Waals surface area contributed by atoms with E-state index < -0.39 is 0 Å². The molecule has 0 bridgehead atoms. The number of fused-ring (bicyclic) bond motifs is 1. The van der Waals surface area contributed by atoms with Crippen LogP contribution in [0, 0.1) is 0 Å². The van der Waals surface area contributed by atoms with E-state index in [1.54, 1.807) is 0 Å². The van der Waals surface area contributed by atoms with Crippen molar-refractivity contribution in [3.05, 3.63) is 41.5 Å². The first kappa shape index (κ1) is 13.9. The Balaban J connectivity index is 1.75. The Hall–Kier alpha value is -2.08. The lowest BCUT2D eigenvalue weighted by atomic mass is 10.1. The summed E-state index contributed by atoms with van der Waals surface area (Å²) in [4.78, 5) is 16.0. The van der Waals surface area contributed by atoms with Crippen LogP contribution in [0.1, 0.15) is 17.0 Å². The molecular weight excluding hydrogens is 268 g/mol. The molecule has 0 spiro atoms. The summed E-state index contributed by atoms with van der Waals surface area (Å²) in [6.07, 6.45) is 4.74. The standard InChI is InChI=1S/C15H20N4O2/c1-17(2)11-15(20)19-8-5-14-12(9-19)13(16-21-14)10-18-6-3-4-7-18/h3-4,6-7H,5,8-11H2,1-2H3. The van der Waals surface area contributed by atoms with Crippen LogP contribution in [0.15, 0.2) is 29.0 Å². The molecule has 2 aromatic rings. The van der Waals surface area contributed by atoms with E-state index in [2.05, 4.69) is 9.72 Å². The molecule has 3 heterocycles. The van der Waals surface area contributed by atoms with Crippen LogP contribution in [-0.4, -0.2) is 52.6 Å². The Kier molecular flexibility index (Phi) is 3.79. The van der Waals surface area contributed by atoms with Crippen molar-refractivity contribution >= 4 is 5.91 Å². The third-order valence-electron chi connectivity index (χ3n) is 3.71. The van der Waals surface area contributed by atoms with Crippen LogP contribution in [0.2, 0.25) is 0 Å². The molecule has 0 radical (unpaired) electrons. The van der Waals surface area contributed by atoms with E-state index in [0.717, 1.165) is 23.4 Å². The van der Waals surface area contributed by atoms with Gasteiger partial charge in [-0.15, -0.1) is 0 Å². The summed E-state index contributed by atoms with van der Waals surface area (Å²) < 4.78 is 7.49. The van der Waals surface area contributed by atoms with Gasteiger partial charge in [0.2, 0.25) is 5.91 Å². The van der Waals surface area contributed by atoms with Crippen molar-refractivity contribution in [2.75, 3.05) is 27.2 Å². The minimum absolute atomic E-state index is 0.152. The molecule has 1 amide bonds. The molecule has 0 unspecified atom stereocenters. The van der Waals surface area contributed by atoms with Crippen molar-refractivity contribution in [1.29, 1.82) is 0 Å². The molecule has 1 aliphatic rings. The van der Waals surface area contributed by atoms with E-state index in [9.17, 15) is 4.79 Å². The second kappa shape index (κ2) is 5.73. The van der Waals surface area contributed by atoms with Gasteiger partial charge in [-0.3, -0.25) is 4.79 Å². The lowest BCUT2D eigenvalue weighted by Crippen LogP contribution is -2.40. The van der Waals surface area contributed by atoms with Gasteiger partial charge in [0.05, 0.1) is 19.6 Å². The minimum Gasteiger partial charge on any atom is -0.361 e. The van der Waals surface area contributed by atoms with Gasteiger partial charge in [-0.05, 0) is 26.2 Å². The number of amides is 1. The molecule has 6 heteroatoms. The SMILES string of the molecule is CN(C)CC(=O)N1CCc2onc(Cn3cccc3)c2C1. The number of rotatable bonds is 4. The largest absolute Gasteiger partial charge is 0.361 e. The summed E-state index contributed by atoms with van der Waals surface area (Å²) in [6.45, 7) is 2.43. The fraction of sp³-hybridized carbons (Fsp3) is 0.467. The lowest BCUT2D eigenvalue weighted by Gasteiger charge is -2.27. The molecule has 1 aliphatic heterocycles. The Labute approximate surface area is 123 Å². The quantitative estimate of drug-likeness (QED) is 0.841. The molecule has 0 N–H and O–H groups in total. The van der Waals surface area contributed by atoms with E-state index in [1.807, 2.05) is 48.4 Å². The molecule has 2 aromatic heterocycles. The minimum atomic E-state index is 0.152. The molecule has 0 fully saturated rings. The molecule has 6 nitrogen and oxygen atoms in total. The van der Waals surface area contributed by atoms with Gasteiger partial charge in [0, 0.05) is 30.9 Å². The van der Waals surface area contributed by atoms with E-state index in [1.165, 1.54) is 0 Å². The first-order chi connectivity index (χ1) is 10.1. The first-order valence-electron chi connectivity index (χ1n) is 7.13. The average Bonchev–Trinajstić information content (AvgIpc) is 3.08. The molecule has 0 saturated heterocycles. The summed E-state index contributed by atoms with van der Waals surface area (Å²) in [6, 6.07) is 3.97. The topological polar surface area (TPSA) is 54.5 Å².